The topological polar surface area (TPSA) is 34.1 Å². The van der Waals surface area contributed by atoms with Crippen LogP contribution in [0.3, 0.4) is 0 Å². The second kappa shape index (κ2) is 5.01. The maximum Gasteiger partial charge on any atom is 0.450 e. The third-order valence-corrected chi connectivity index (χ3v) is 2.24. The Morgan fingerprint density at radius 1 is 1.11 bits per heavy atom. The summed E-state index contributed by atoms with van der Waals surface area (Å²) >= 11 is 5.20. The average Bonchev–Trinajstić information content (AvgIpc) is 2.21. The molecule has 0 unspecified atom stereocenters. The van der Waals surface area contributed by atoms with Crippen LogP contribution in [0.15, 0.2) is 12.1 Å². The first-order chi connectivity index (χ1) is 8.12. The van der Waals surface area contributed by atoms with Crippen molar-refractivity contribution in [1.82, 2.24) is 0 Å². The number of carbonyl (C=O) groups excluding carboxylic acids is 2. The molecule has 1 rings (SSSR count). The number of ketones is 2. The van der Waals surface area contributed by atoms with E-state index in [1.165, 1.54) is 0 Å². The van der Waals surface area contributed by atoms with Gasteiger partial charge in [0.05, 0.1) is 17.0 Å². The lowest BCUT2D eigenvalue weighted by atomic mass is 10.1. The number of halogens is 6. The van der Waals surface area contributed by atoms with Gasteiger partial charge in [-0.3, -0.25) is 9.59 Å². The van der Waals surface area contributed by atoms with E-state index in [1.54, 1.807) is 0 Å². The highest BCUT2D eigenvalue weighted by molar-refractivity contribution is 6.30. The van der Waals surface area contributed by atoms with Crippen LogP contribution in [0.2, 0.25) is 5.02 Å². The highest BCUT2D eigenvalue weighted by atomic mass is 35.5. The lowest BCUT2D eigenvalue weighted by molar-refractivity contribution is -0.170. The monoisotopic (exact) mass is 286 g/mol. The summed E-state index contributed by atoms with van der Waals surface area (Å²) in [6.07, 6.45) is -6.78. The van der Waals surface area contributed by atoms with Gasteiger partial charge in [-0.2, -0.15) is 13.2 Å². The zero-order chi connectivity index (χ0) is 14.1. The van der Waals surface area contributed by atoms with E-state index in [2.05, 4.69) is 0 Å². The van der Waals surface area contributed by atoms with Gasteiger partial charge in [0.25, 0.3) is 0 Å². The van der Waals surface area contributed by atoms with Crippen molar-refractivity contribution in [3.63, 3.8) is 0 Å². The molecule has 98 valence electrons. The highest BCUT2D eigenvalue weighted by Gasteiger charge is 2.39. The Hall–Kier alpha value is -1.50. The quantitative estimate of drug-likeness (QED) is 0.370. The fraction of sp³-hybridized carbons (Fsp3) is 0.200. The lowest BCUT2D eigenvalue weighted by Crippen LogP contribution is -2.25. The summed E-state index contributed by atoms with van der Waals surface area (Å²) in [5.41, 5.74) is -0.950. The standard InChI is InChI=1S/C10H4ClF5O2/c11-5-2-6(12)4(1-7(5)13)8(17)3-9(18)10(14,15)16/h1-2H,3H2. The number of hydrogen-bond donors (Lipinski definition) is 0. The molecule has 1 aromatic carbocycles. The summed E-state index contributed by atoms with van der Waals surface area (Å²) < 4.78 is 61.7. The average molecular weight is 287 g/mol. The first-order valence-corrected chi connectivity index (χ1v) is 4.78. The molecular weight excluding hydrogens is 283 g/mol. The largest absolute Gasteiger partial charge is 0.450 e. The molecule has 0 saturated heterocycles. The van der Waals surface area contributed by atoms with E-state index >= 15 is 0 Å². The molecule has 0 bridgehead atoms. The molecule has 1 aromatic rings. The summed E-state index contributed by atoms with van der Waals surface area (Å²) in [5, 5.41) is -0.619. The van der Waals surface area contributed by atoms with Crippen molar-refractivity contribution in [3.05, 3.63) is 34.4 Å². The van der Waals surface area contributed by atoms with E-state index in [4.69, 9.17) is 11.6 Å². The molecule has 0 fully saturated rings. The molecule has 2 nitrogen and oxygen atoms in total. The minimum absolute atomic E-state index is 0.351. The predicted molar refractivity (Wildman–Crippen MR) is 51.4 cm³/mol. The van der Waals surface area contributed by atoms with E-state index in [0.29, 0.717) is 12.1 Å². The Kier molecular flexibility index (Phi) is 4.05. The minimum Gasteiger partial charge on any atom is -0.294 e. The third kappa shape index (κ3) is 3.25. The van der Waals surface area contributed by atoms with Crippen molar-refractivity contribution in [2.75, 3.05) is 0 Å². The normalized spacial score (nSPS) is 11.4. The SMILES string of the molecule is O=C(CC(=O)C(F)(F)F)c1cc(F)c(Cl)cc1F. The van der Waals surface area contributed by atoms with Crippen LogP contribution in [0.25, 0.3) is 0 Å². The molecule has 0 aliphatic carbocycles. The molecule has 0 N–H and O–H groups in total. The molecule has 18 heavy (non-hydrogen) atoms. The van der Waals surface area contributed by atoms with Crippen LogP contribution in [0, 0.1) is 11.6 Å². The second-order valence-corrected chi connectivity index (χ2v) is 3.67. The molecule has 0 spiro atoms. The fourth-order valence-electron chi connectivity index (χ4n) is 1.08. The molecule has 0 heterocycles. The van der Waals surface area contributed by atoms with E-state index in [9.17, 15) is 31.5 Å². The van der Waals surface area contributed by atoms with Gasteiger partial charge in [0.1, 0.15) is 11.6 Å². The lowest BCUT2D eigenvalue weighted by Gasteiger charge is -2.06. The fourth-order valence-corrected chi connectivity index (χ4v) is 1.23. The maximum absolute atomic E-state index is 13.2. The molecule has 0 atom stereocenters. The Morgan fingerprint density at radius 3 is 2.17 bits per heavy atom. The number of carbonyl (C=O) groups is 2. The van der Waals surface area contributed by atoms with E-state index in [-0.39, 0.29) is 0 Å². The highest BCUT2D eigenvalue weighted by Crippen LogP contribution is 2.23. The van der Waals surface area contributed by atoms with Crippen LogP contribution in [0.1, 0.15) is 16.8 Å². The van der Waals surface area contributed by atoms with Crippen molar-refractivity contribution >= 4 is 23.2 Å². The smallest absolute Gasteiger partial charge is 0.294 e. The van der Waals surface area contributed by atoms with Gasteiger partial charge in [-0.25, -0.2) is 8.78 Å². The number of Topliss-reactive ketones (excluding diaryl/α,β-unsaturated/α-hetero) is 2. The van der Waals surface area contributed by atoms with Crippen LogP contribution < -0.4 is 0 Å². The van der Waals surface area contributed by atoms with Crippen molar-refractivity contribution in [2.45, 2.75) is 12.6 Å². The van der Waals surface area contributed by atoms with Gasteiger partial charge < -0.3 is 0 Å². The van der Waals surface area contributed by atoms with Crippen molar-refractivity contribution in [1.29, 1.82) is 0 Å². The first kappa shape index (κ1) is 14.6. The molecule has 0 saturated carbocycles. The van der Waals surface area contributed by atoms with E-state index < -0.39 is 46.4 Å². The maximum atomic E-state index is 13.2. The van der Waals surface area contributed by atoms with Gasteiger partial charge in [0.2, 0.25) is 5.78 Å². The molecule has 0 aromatic heterocycles. The molecule has 8 heteroatoms. The zero-order valence-corrected chi connectivity index (χ0v) is 9.20. The van der Waals surface area contributed by atoms with Crippen molar-refractivity contribution in [3.8, 4) is 0 Å². The number of alkyl halides is 3. The number of benzene rings is 1. The van der Waals surface area contributed by atoms with Crippen LogP contribution >= 0.6 is 11.6 Å². The number of hydrogen-bond acceptors (Lipinski definition) is 2. The second-order valence-electron chi connectivity index (χ2n) is 3.27. The molecule has 0 radical (unpaired) electrons. The van der Waals surface area contributed by atoms with Gasteiger partial charge in [0.15, 0.2) is 5.78 Å². The first-order valence-electron chi connectivity index (χ1n) is 4.40. The summed E-state index contributed by atoms with van der Waals surface area (Å²) in [7, 11) is 0. The summed E-state index contributed by atoms with van der Waals surface area (Å²) in [4.78, 5) is 21.7. The van der Waals surface area contributed by atoms with Crippen LogP contribution in [-0.2, 0) is 4.79 Å². The molecule has 0 amide bonds. The van der Waals surface area contributed by atoms with Crippen LogP contribution in [0.4, 0.5) is 22.0 Å². The Balaban J connectivity index is 2.99. The Bertz CT molecular complexity index is 510. The van der Waals surface area contributed by atoms with Crippen LogP contribution in [0.5, 0.6) is 0 Å². The van der Waals surface area contributed by atoms with Crippen molar-refractivity contribution < 1.29 is 31.5 Å². The van der Waals surface area contributed by atoms with Gasteiger partial charge in [-0.1, -0.05) is 11.6 Å². The molecule has 0 aliphatic heterocycles. The predicted octanol–water partition coefficient (Wildman–Crippen LogP) is 3.32. The zero-order valence-electron chi connectivity index (χ0n) is 8.45. The minimum atomic E-state index is -5.20. The van der Waals surface area contributed by atoms with Crippen molar-refractivity contribution in [2.24, 2.45) is 0 Å². The molecular formula is C10H4ClF5O2. The van der Waals surface area contributed by atoms with E-state index in [1.807, 2.05) is 0 Å². The van der Waals surface area contributed by atoms with Gasteiger partial charge in [-0.15, -0.1) is 0 Å². The van der Waals surface area contributed by atoms with Gasteiger partial charge >= 0.3 is 6.18 Å². The van der Waals surface area contributed by atoms with E-state index in [0.717, 1.165) is 0 Å². The Morgan fingerprint density at radius 2 is 1.67 bits per heavy atom. The molecule has 0 aliphatic rings. The summed E-state index contributed by atoms with van der Waals surface area (Å²) in [6.45, 7) is 0. The summed E-state index contributed by atoms with van der Waals surface area (Å²) in [6, 6.07) is 0.797. The van der Waals surface area contributed by atoms with Crippen LogP contribution in [-0.4, -0.2) is 17.7 Å². The number of rotatable bonds is 3. The Labute approximate surface area is 102 Å². The van der Waals surface area contributed by atoms with Gasteiger partial charge in [-0.05, 0) is 12.1 Å². The van der Waals surface area contributed by atoms with Gasteiger partial charge in [0, 0.05) is 0 Å². The summed E-state index contributed by atoms with van der Waals surface area (Å²) in [5.74, 6) is -6.25. The third-order valence-electron chi connectivity index (χ3n) is 1.95.